The molecule has 184 valence electrons. The van der Waals surface area contributed by atoms with Gasteiger partial charge in [-0.3, -0.25) is 19.4 Å². The van der Waals surface area contributed by atoms with Crippen LogP contribution in [-0.2, 0) is 6.18 Å². The fraction of sp³-hybridized carbons (Fsp3) is 0.360. The molecule has 10 heteroatoms. The van der Waals surface area contributed by atoms with Gasteiger partial charge in [0, 0.05) is 18.9 Å². The Kier molecular flexibility index (Phi) is 7.18. The number of imide groups is 1. The fourth-order valence-corrected chi connectivity index (χ4v) is 3.87. The number of benzene rings is 1. The summed E-state index contributed by atoms with van der Waals surface area (Å²) >= 11 is 0. The first kappa shape index (κ1) is 24.4. The number of halogens is 3. The lowest BCUT2D eigenvalue weighted by atomic mass is 10.1. The van der Waals surface area contributed by atoms with Crippen molar-refractivity contribution in [1.29, 1.82) is 0 Å². The zero-order valence-electron chi connectivity index (χ0n) is 18.9. The summed E-state index contributed by atoms with van der Waals surface area (Å²) in [6.45, 7) is 0.388. The highest BCUT2D eigenvalue weighted by molar-refractivity contribution is 6.10. The minimum absolute atomic E-state index is 0.133. The molecule has 7 nitrogen and oxygen atoms in total. The summed E-state index contributed by atoms with van der Waals surface area (Å²) in [4.78, 5) is 44.1. The van der Waals surface area contributed by atoms with Gasteiger partial charge in [0.2, 0.25) is 0 Å². The molecule has 0 radical (unpaired) electrons. The number of aromatic nitrogens is 1. The number of urea groups is 1. The number of anilines is 1. The maximum Gasteiger partial charge on any atom is 0.417 e. The molecule has 2 aromatic rings. The Labute approximate surface area is 200 Å². The van der Waals surface area contributed by atoms with Crippen LogP contribution in [0.1, 0.15) is 58.4 Å². The van der Waals surface area contributed by atoms with Crippen molar-refractivity contribution in [3.05, 3.63) is 71.6 Å². The number of carbonyl (C=O) groups is 3. The number of hydrogen-bond donors (Lipinski definition) is 1. The van der Waals surface area contributed by atoms with Crippen LogP contribution in [0.15, 0.2) is 54.9 Å². The summed E-state index contributed by atoms with van der Waals surface area (Å²) in [5, 5.41) is 2.84. The average Bonchev–Trinajstić information content (AvgIpc) is 3.67. The second-order valence-electron chi connectivity index (χ2n) is 8.60. The molecule has 1 fully saturated rings. The van der Waals surface area contributed by atoms with Gasteiger partial charge in [0.1, 0.15) is 5.82 Å². The fourth-order valence-electron chi connectivity index (χ4n) is 3.87. The topological polar surface area (TPSA) is 82.6 Å². The molecule has 0 unspecified atom stereocenters. The van der Waals surface area contributed by atoms with E-state index >= 15 is 0 Å². The second-order valence-corrected chi connectivity index (χ2v) is 8.60. The van der Waals surface area contributed by atoms with Gasteiger partial charge in [-0.15, -0.1) is 0 Å². The molecule has 35 heavy (non-hydrogen) atoms. The molecule has 2 heterocycles. The molecular formula is C25H25F3N4O3. The summed E-state index contributed by atoms with van der Waals surface area (Å²) in [6.07, 6.45) is 5.24. The van der Waals surface area contributed by atoms with Crippen LogP contribution in [0.25, 0.3) is 0 Å². The lowest BCUT2D eigenvalue weighted by Crippen LogP contribution is -2.47. The minimum atomic E-state index is -4.74. The highest BCUT2D eigenvalue weighted by Crippen LogP contribution is 2.34. The monoisotopic (exact) mass is 486 g/mol. The number of hydrogen-bond acceptors (Lipinski definition) is 4. The number of rotatable bonds is 8. The first-order chi connectivity index (χ1) is 16.8. The van der Waals surface area contributed by atoms with Crippen molar-refractivity contribution in [2.24, 2.45) is 5.92 Å². The van der Waals surface area contributed by atoms with Crippen LogP contribution in [0.2, 0.25) is 0 Å². The van der Waals surface area contributed by atoms with Crippen LogP contribution in [-0.4, -0.2) is 40.8 Å². The molecule has 1 aliphatic carbocycles. The van der Waals surface area contributed by atoms with Crippen LogP contribution in [0.5, 0.6) is 0 Å². The Bertz CT molecular complexity index is 1130. The number of carbonyl (C=O) groups excluding carboxylic acids is 3. The highest BCUT2D eigenvalue weighted by atomic mass is 19.4. The first-order valence-electron chi connectivity index (χ1n) is 11.5. The van der Waals surface area contributed by atoms with E-state index in [1.807, 2.05) is 0 Å². The molecule has 0 atom stereocenters. The number of unbranched alkanes of at least 4 members (excludes halogenated alkanes) is 1. The summed E-state index contributed by atoms with van der Waals surface area (Å²) < 4.78 is 40.0. The molecular weight excluding hydrogens is 461 g/mol. The number of alkyl halides is 3. The van der Waals surface area contributed by atoms with Crippen LogP contribution < -0.4 is 10.2 Å². The van der Waals surface area contributed by atoms with Gasteiger partial charge < -0.3 is 5.32 Å². The third-order valence-electron chi connectivity index (χ3n) is 5.97. The molecule has 1 aliphatic heterocycles. The van der Waals surface area contributed by atoms with E-state index in [1.165, 1.54) is 62.0 Å². The van der Waals surface area contributed by atoms with Crippen molar-refractivity contribution in [2.75, 3.05) is 18.0 Å². The third-order valence-corrected chi connectivity index (χ3v) is 5.97. The van der Waals surface area contributed by atoms with Crippen molar-refractivity contribution >= 4 is 23.7 Å². The van der Waals surface area contributed by atoms with Crippen molar-refractivity contribution in [3.63, 3.8) is 0 Å². The Morgan fingerprint density at radius 1 is 1.09 bits per heavy atom. The van der Waals surface area contributed by atoms with E-state index in [0.717, 1.165) is 35.8 Å². The zero-order valence-corrected chi connectivity index (χ0v) is 18.9. The Morgan fingerprint density at radius 3 is 2.54 bits per heavy atom. The van der Waals surface area contributed by atoms with E-state index < -0.39 is 29.2 Å². The van der Waals surface area contributed by atoms with Crippen LogP contribution in [0.4, 0.5) is 23.8 Å². The lowest BCUT2D eigenvalue weighted by Gasteiger charge is -2.30. The molecule has 1 saturated carbocycles. The van der Waals surface area contributed by atoms with E-state index in [2.05, 4.69) is 10.3 Å². The van der Waals surface area contributed by atoms with Gasteiger partial charge in [-0.1, -0.05) is 37.8 Å². The lowest BCUT2D eigenvalue weighted by molar-refractivity contribution is -0.138. The summed E-state index contributed by atoms with van der Waals surface area (Å²) in [5.74, 6) is -0.347. The third kappa shape index (κ3) is 5.87. The zero-order chi connectivity index (χ0) is 25.0. The second kappa shape index (κ2) is 10.3. The molecule has 4 rings (SSSR count). The van der Waals surface area contributed by atoms with Crippen molar-refractivity contribution in [1.82, 2.24) is 15.2 Å². The van der Waals surface area contributed by atoms with E-state index in [1.54, 1.807) is 0 Å². The van der Waals surface area contributed by atoms with Gasteiger partial charge >= 0.3 is 12.2 Å². The van der Waals surface area contributed by atoms with Gasteiger partial charge in [-0.25, -0.2) is 9.78 Å². The molecule has 2 aliphatic rings. The van der Waals surface area contributed by atoms with Crippen LogP contribution >= 0.6 is 0 Å². The predicted octanol–water partition coefficient (Wildman–Crippen LogP) is 5.01. The molecule has 1 N–H and O–H groups in total. The quantitative estimate of drug-likeness (QED) is 0.532. The normalized spacial score (nSPS) is 15.9. The maximum atomic E-state index is 13.3. The van der Waals surface area contributed by atoms with Gasteiger partial charge in [-0.05, 0) is 42.7 Å². The van der Waals surface area contributed by atoms with Crippen LogP contribution in [0.3, 0.4) is 0 Å². The number of nitrogens with zero attached hydrogens (tertiary/aromatic N) is 3. The Balaban J connectivity index is 1.40. The Morgan fingerprint density at radius 2 is 1.86 bits per heavy atom. The summed E-state index contributed by atoms with van der Waals surface area (Å²) in [7, 11) is 0. The number of pyridine rings is 1. The largest absolute Gasteiger partial charge is 0.417 e. The van der Waals surface area contributed by atoms with Crippen molar-refractivity contribution < 1.29 is 27.6 Å². The van der Waals surface area contributed by atoms with Gasteiger partial charge in [-0.2, -0.15) is 13.2 Å². The molecule has 0 saturated heterocycles. The number of amides is 4. The molecule has 1 aromatic heterocycles. The SMILES string of the molecule is O=C(NCCCCC1CC1)c1ccc(N2C=CCN(C(=O)c3ccccc3C(F)(F)F)C2=O)nc1. The van der Waals surface area contributed by atoms with Crippen molar-refractivity contribution in [2.45, 2.75) is 38.3 Å². The summed E-state index contributed by atoms with van der Waals surface area (Å²) in [6, 6.07) is 6.44. The van der Waals surface area contributed by atoms with E-state index in [0.29, 0.717) is 17.0 Å². The van der Waals surface area contributed by atoms with Gasteiger partial charge in [0.15, 0.2) is 0 Å². The molecule has 4 amide bonds. The standard InChI is InChI=1S/C25H25F3N4O3/c26-25(27,28)20-8-2-1-7-19(20)23(34)32-15-5-14-31(24(32)35)21-12-11-18(16-30-21)22(33)29-13-4-3-6-17-9-10-17/h1-2,5,7-8,11-12,14,16-17H,3-4,6,9-10,13,15H2,(H,29,33). The van der Waals surface area contributed by atoms with E-state index in [4.69, 9.17) is 0 Å². The van der Waals surface area contributed by atoms with E-state index in [-0.39, 0.29) is 18.3 Å². The van der Waals surface area contributed by atoms with Crippen LogP contribution in [0, 0.1) is 5.92 Å². The Hall–Kier alpha value is -3.69. The average molecular weight is 486 g/mol. The number of nitrogens with one attached hydrogen (secondary N) is 1. The molecule has 1 aromatic carbocycles. The smallest absolute Gasteiger partial charge is 0.352 e. The molecule has 0 bridgehead atoms. The van der Waals surface area contributed by atoms with Crippen molar-refractivity contribution in [3.8, 4) is 0 Å². The maximum absolute atomic E-state index is 13.3. The minimum Gasteiger partial charge on any atom is -0.352 e. The first-order valence-corrected chi connectivity index (χ1v) is 11.5. The van der Waals surface area contributed by atoms with E-state index in [9.17, 15) is 27.6 Å². The summed E-state index contributed by atoms with van der Waals surface area (Å²) in [5.41, 5.74) is -1.41. The molecule has 0 spiro atoms. The predicted molar refractivity (Wildman–Crippen MR) is 123 cm³/mol. The highest BCUT2D eigenvalue weighted by Gasteiger charge is 2.38. The van der Waals surface area contributed by atoms with Gasteiger partial charge in [0.05, 0.1) is 23.2 Å². The van der Waals surface area contributed by atoms with Gasteiger partial charge in [0.25, 0.3) is 11.8 Å².